The Hall–Kier alpha value is -2.74. The monoisotopic (exact) mass is 322 g/mol. The first-order valence-corrected chi connectivity index (χ1v) is 7.56. The van der Waals surface area contributed by atoms with Gasteiger partial charge in [0.1, 0.15) is 16.4 Å². The lowest BCUT2D eigenvalue weighted by Crippen LogP contribution is -2.19. The molecule has 0 atom stereocenters. The van der Waals surface area contributed by atoms with E-state index in [1.165, 1.54) is 37.4 Å². The Morgan fingerprint density at radius 1 is 1.09 bits per heavy atom. The van der Waals surface area contributed by atoms with Crippen molar-refractivity contribution in [2.75, 3.05) is 12.4 Å². The first-order chi connectivity index (χ1) is 10.4. The average molecular weight is 322 g/mol. The van der Waals surface area contributed by atoms with Crippen LogP contribution in [0.4, 0.5) is 10.5 Å². The summed E-state index contributed by atoms with van der Waals surface area (Å²) in [5.74, 6) is 0.447. The second-order valence-electron chi connectivity index (χ2n) is 4.23. The highest BCUT2D eigenvalue weighted by Crippen LogP contribution is 2.24. The van der Waals surface area contributed by atoms with Crippen LogP contribution >= 0.6 is 0 Å². The molecular weight excluding hydrogens is 308 g/mol. The number of methoxy groups -OCH3 is 1. The maximum Gasteiger partial charge on any atom is 0.339 e. The highest BCUT2D eigenvalue weighted by atomic mass is 32.2. The minimum absolute atomic E-state index is 0.0416. The minimum Gasteiger partial charge on any atom is -0.497 e. The summed E-state index contributed by atoms with van der Waals surface area (Å²) in [6.45, 7) is 0. The van der Waals surface area contributed by atoms with Crippen molar-refractivity contribution in [2.24, 2.45) is 5.73 Å². The second kappa shape index (κ2) is 6.35. The quantitative estimate of drug-likeness (QED) is 0.818. The Labute approximate surface area is 127 Å². The third-order valence-electron chi connectivity index (χ3n) is 2.64. The van der Waals surface area contributed by atoms with E-state index in [0.717, 1.165) is 0 Å². The number of rotatable bonds is 5. The minimum atomic E-state index is -4.02. The van der Waals surface area contributed by atoms with Gasteiger partial charge in [0.2, 0.25) is 0 Å². The van der Waals surface area contributed by atoms with E-state index >= 15 is 0 Å². The molecule has 2 amide bonds. The lowest BCUT2D eigenvalue weighted by Gasteiger charge is -2.09. The van der Waals surface area contributed by atoms with E-state index in [1.807, 2.05) is 0 Å². The van der Waals surface area contributed by atoms with Gasteiger partial charge in [-0.05, 0) is 24.3 Å². The number of hydrogen-bond acceptors (Lipinski definition) is 5. The van der Waals surface area contributed by atoms with Crippen LogP contribution in [0.25, 0.3) is 0 Å². The van der Waals surface area contributed by atoms with Crippen LogP contribution in [0.15, 0.2) is 53.4 Å². The first-order valence-electron chi connectivity index (χ1n) is 6.16. The van der Waals surface area contributed by atoms with Gasteiger partial charge in [-0.15, -0.1) is 0 Å². The number of carbonyl (C=O) groups is 1. The number of benzene rings is 2. The van der Waals surface area contributed by atoms with Crippen molar-refractivity contribution in [3.8, 4) is 11.5 Å². The van der Waals surface area contributed by atoms with Gasteiger partial charge in [0.15, 0.2) is 0 Å². The standard InChI is InChI=1S/C14H14N2O5S/c1-20-11-5-3-7-13(9-11)22(18,19)21-12-6-2-4-10(8-12)16-14(15)17/h2-9H,1H3,(H3,15,16,17). The van der Waals surface area contributed by atoms with Crippen molar-refractivity contribution in [2.45, 2.75) is 4.90 Å². The van der Waals surface area contributed by atoms with Crippen LogP contribution in [-0.4, -0.2) is 21.6 Å². The van der Waals surface area contributed by atoms with Crippen LogP contribution in [0.1, 0.15) is 0 Å². The van der Waals surface area contributed by atoms with Crippen LogP contribution < -0.4 is 20.0 Å². The zero-order valence-electron chi connectivity index (χ0n) is 11.6. The predicted molar refractivity (Wildman–Crippen MR) is 80.5 cm³/mol. The molecule has 0 heterocycles. The summed E-state index contributed by atoms with van der Waals surface area (Å²) < 4.78 is 34.4. The summed E-state index contributed by atoms with van der Waals surface area (Å²) in [4.78, 5) is 10.8. The number of ether oxygens (including phenoxy) is 1. The third kappa shape index (κ3) is 3.89. The van der Waals surface area contributed by atoms with E-state index in [9.17, 15) is 13.2 Å². The van der Waals surface area contributed by atoms with E-state index in [2.05, 4.69) is 5.32 Å². The molecule has 0 aliphatic carbocycles. The van der Waals surface area contributed by atoms with Crippen molar-refractivity contribution in [1.82, 2.24) is 0 Å². The van der Waals surface area contributed by atoms with Gasteiger partial charge in [0.05, 0.1) is 7.11 Å². The predicted octanol–water partition coefficient (Wildman–Crippen LogP) is 1.95. The SMILES string of the molecule is COc1cccc(S(=O)(=O)Oc2cccc(NC(N)=O)c2)c1. The van der Waals surface area contributed by atoms with Crippen LogP contribution in [0.3, 0.4) is 0 Å². The number of primary amides is 1. The number of nitrogens with one attached hydrogen (secondary N) is 1. The zero-order chi connectivity index (χ0) is 16.2. The van der Waals surface area contributed by atoms with Gasteiger partial charge in [-0.1, -0.05) is 12.1 Å². The number of anilines is 1. The molecule has 0 aliphatic rings. The van der Waals surface area contributed by atoms with Gasteiger partial charge in [-0.3, -0.25) is 0 Å². The highest BCUT2D eigenvalue weighted by Gasteiger charge is 2.17. The molecule has 0 fully saturated rings. The van der Waals surface area contributed by atoms with Crippen LogP contribution in [-0.2, 0) is 10.1 Å². The van der Waals surface area contributed by atoms with Gasteiger partial charge in [-0.2, -0.15) is 8.42 Å². The Balaban J connectivity index is 2.26. The molecular formula is C14H14N2O5S. The Morgan fingerprint density at radius 2 is 1.77 bits per heavy atom. The van der Waals surface area contributed by atoms with Crippen molar-refractivity contribution in [3.63, 3.8) is 0 Å². The van der Waals surface area contributed by atoms with Gasteiger partial charge in [0.25, 0.3) is 0 Å². The van der Waals surface area contributed by atoms with Crippen LogP contribution in [0.2, 0.25) is 0 Å². The van der Waals surface area contributed by atoms with Crippen molar-refractivity contribution >= 4 is 21.8 Å². The molecule has 0 spiro atoms. The summed E-state index contributed by atoms with van der Waals surface area (Å²) in [6.07, 6.45) is 0. The summed E-state index contributed by atoms with van der Waals surface area (Å²) in [7, 11) is -2.58. The van der Waals surface area contributed by atoms with Crippen LogP contribution in [0.5, 0.6) is 11.5 Å². The van der Waals surface area contributed by atoms with Crippen molar-refractivity contribution in [1.29, 1.82) is 0 Å². The number of urea groups is 1. The summed E-state index contributed by atoms with van der Waals surface area (Å²) in [5.41, 5.74) is 5.33. The number of carbonyl (C=O) groups excluding carboxylic acids is 1. The summed E-state index contributed by atoms with van der Waals surface area (Å²) in [6, 6.07) is 11.0. The molecule has 0 bridgehead atoms. The molecule has 3 N–H and O–H groups in total. The lowest BCUT2D eigenvalue weighted by atomic mass is 10.3. The van der Waals surface area contributed by atoms with Crippen molar-refractivity contribution < 1.29 is 22.1 Å². The Morgan fingerprint density at radius 3 is 2.45 bits per heavy atom. The third-order valence-corrected chi connectivity index (χ3v) is 3.88. The molecule has 116 valence electrons. The highest BCUT2D eigenvalue weighted by molar-refractivity contribution is 7.87. The van der Waals surface area contributed by atoms with E-state index in [4.69, 9.17) is 14.7 Å². The van der Waals surface area contributed by atoms with E-state index < -0.39 is 16.1 Å². The van der Waals surface area contributed by atoms with E-state index in [-0.39, 0.29) is 10.6 Å². The second-order valence-corrected chi connectivity index (χ2v) is 5.78. The van der Waals surface area contributed by atoms with Crippen molar-refractivity contribution in [3.05, 3.63) is 48.5 Å². The molecule has 0 aromatic heterocycles. The topological polar surface area (TPSA) is 108 Å². The first kappa shape index (κ1) is 15.6. The summed E-state index contributed by atoms with van der Waals surface area (Å²) >= 11 is 0. The molecule has 7 nitrogen and oxygen atoms in total. The lowest BCUT2D eigenvalue weighted by molar-refractivity contribution is 0.259. The van der Waals surface area contributed by atoms with Gasteiger partial charge >= 0.3 is 16.1 Å². The maximum absolute atomic E-state index is 12.2. The molecule has 0 saturated heterocycles. The zero-order valence-corrected chi connectivity index (χ0v) is 12.5. The fraction of sp³-hybridized carbons (Fsp3) is 0.0714. The number of amides is 2. The number of hydrogen-bond donors (Lipinski definition) is 2. The van der Waals surface area contributed by atoms with Gasteiger partial charge < -0.3 is 20.0 Å². The molecule has 0 aliphatic heterocycles. The largest absolute Gasteiger partial charge is 0.497 e. The Kier molecular flexibility index (Phi) is 4.52. The fourth-order valence-corrected chi connectivity index (χ4v) is 2.66. The molecule has 0 saturated carbocycles. The van der Waals surface area contributed by atoms with Crippen LogP contribution in [0, 0.1) is 0 Å². The van der Waals surface area contributed by atoms with Gasteiger partial charge in [-0.25, -0.2) is 4.79 Å². The average Bonchev–Trinajstić information content (AvgIpc) is 2.46. The molecule has 8 heteroatoms. The molecule has 0 unspecified atom stereocenters. The van der Waals surface area contributed by atoms with E-state index in [0.29, 0.717) is 11.4 Å². The molecule has 2 rings (SSSR count). The molecule has 22 heavy (non-hydrogen) atoms. The maximum atomic E-state index is 12.2. The smallest absolute Gasteiger partial charge is 0.339 e. The molecule has 2 aromatic rings. The molecule has 2 aromatic carbocycles. The normalized spacial score (nSPS) is 10.8. The summed E-state index contributed by atoms with van der Waals surface area (Å²) in [5, 5.41) is 2.33. The fourth-order valence-electron chi connectivity index (χ4n) is 1.70. The van der Waals surface area contributed by atoms with E-state index in [1.54, 1.807) is 18.2 Å². The number of nitrogens with two attached hydrogens (primary N) is 1. The Bertz CT molecular complexity index is 789. The van der Waals surface area contributed by atoms with Gasteiger partial charge in [0, 0.05) is 17.8 Å². The molecule has 0 radical (unpaired) electrons.